The maximum atomic E-state index is 10.4. The van der Waals surface area contributed by atoms with Crippen molar-refractivity contribution in [1.82, 2.24) is 0 Å². The zero-order valence-corrected chi connectivity index (χ0v) is 12.1. The van der Waals surface area contributed by atoms with Crippen LogP contribution in [0, 0.1) is 5.92 Å². The molecule has 108 valence electrons. The molecule has 1 rings (SSSR count). The van der Waals surface area contributed by atoms with Crippen molar-refractivity contribution in [2.45, 2.75) is 38.9 Å². The van der Waals surface area contributed by atoms with Crippen LogP contribution in [0.3, 0.4) is 0 Å². The summed E-state index contributed by atoms with van der Waals surface area (Å²) in [5.41, 5.74) is 0.506. The SMILES string of the molecule is CCC(CC)C(O)C(O)c1c(OC)cccc1OC. The van der Waals surface area contributed by atoms with Gasteiger partial charge in [-0.25, -0.2) is 0 Å². The molecule has 4 heteroatoms. The zero-order chi connectivity index (χ0) is 14.4. The van der Waals surface area contributed by atoms with E-state index in [1.165, 1.54) is 14.2 Å². The van der Waals surface area contributed by atoms with Crippen LogP contribution >= 0.6 is 0 Å². The molecule has 0 radical (unpaired) electrons. The molecule has 19 heavy (non-hydrogen) atoms. The van der Waals surface area contributed by atoms with Crippen molar-refractivity contribution in [2.75, 3.05) is 14.2 Å². The van der Waals surface area contributed by atoms with Crippen molar-refractivity contribution in [1.29, 1.82) is 0 Å². The molecule has 0 heterocycles. The number of hydrogen-bond donors (Lipinski definition) is 2. The van der Waals surface area contributed by atoms with Crippen LogP contribution < -0.4 is 9.47 Å². The van der Waals surface area contributed by atoms with Crippen LogP contribution in [0.15, 0.2) is 18.2 Å². The average Bonchev–Trinajstić information content (AvgIpc) is 2.46. The Morgan fingerprint density at radius 2 is 1.47 bits per heavy atom. The molecule has 0 bridgehead atoms. The third kappa shape index (κ3) is 3.39. The van der Waals surface area contributed by atoms with Crippen LogP contribution in [-0.2, 0) is 0 Å². The first-order valence-corrected chi connectivity index (χ1v) is 6.67. The summed E-state index contributed by atoms with van der Waals surface area (Å²) in [4.78, 5) is 0. The lowest BCUT2D eigenvalue weighted by atomic mass is 9.89. The van der Waals surface area contributed by atoms with Crippen LogP contribution in [0.25, 0.3) is 0 Å². The van der Waals surface area contributed by atoms with E-state index in [4.69, 9.17) is 9.47 Å². The van der Waals surface area contributed by atoms with Crippen LogP contribution in [0.1, 0.15) is 38.4 Å². The lowest BCUT2D eigenvalue weighted by molar-refractivity contribution is -0.0229. The summed E-state index contributed by atoms with van der Waals surface area (Å²) in [5, 5.41) is 20.7. The fourth-order valence-corrected chi connectivity index (χ4v) is 2.37. The van der Waals surface area contributed by atoms with E-state index in [0.717, 1.165) is 12.8 Å². The Morgan fingerprint density at radius 1 is 1.00 bits per heavy atom. The van der Waals surface area contributed by atoms with Gasteiger partial charge in [-0.05, 0) is 18.1 Å². The molecule has 1 aromatic rings. The Balaban J connectivity index is 3.13. The smallest absolute Gasteiger partial charge is 0.128 e. The van der Waals surface area contributed by atoms with Crippen molar-refractivity contribution < 1.29 is 19.7 Å². The monoisotopic (exact) mass is 268 g/mol. The molecule has 0 aliphatic rings. The van der Waals surface area contributed by atoms with Gasteiger partial charge in [0.05, 0.1) is 25.9 Å². The summed E-state index contributed by atoms with van der Waals surface area (Å²) in [6, 6.07) is 5.29. The average molecular weight is 268 g/mol. The Hall–Kier alpha value is -1.26. The molecule has 0 saturated heterocycles. The maximum absolute atomic E-state index is 10.4. The predicted molar refractivity (Wildman–Crippen MR) is 74.6 cm³/mol. The van der Waals surface area contributed by atoms with Crippen LogP contribution in [0.5, 0.6) is 11.5 Å². The fraction of sp³-hybridized carbons (Fsp3) is 0.600. The number of benzene rings is 1. The number of ether oxygens (including phenoxy) is 2. The molecule has 0 amide bonds. The minimum absolute atomic E-state index is 0.0459. The van der Waals surface area contributed by atoms with E-state index in [1.807, 2.05) is 13.8 Å². The minimum Gasteiger partial charge on any atom is -0.496 e. The molecule has 0 aromatic heterocycles. The minimum atomic E-state index is -1.02. The molecule has 0 spiro atoms. The third-order valence-corrected chi connectivity index (χ3v) is 3.62. The lowest BCUT2D eigenvalue weighted by Gasteiger charge is -2.27. The zero-order valence-electron chi connectivity index (χ0n) is 12.1. The van der Waals surface area contributed by atoms with Gasteiger partial charge < -0.3 is 19.7 Å². The lowest BCUT2D eigenvalue weighted by Crippen LogP contribution is -2.27. The van der Waals surface area contributed by atoms with Gasteiger partial charge >= 0.3 is 0 Å². The first-order valence-electron chi connectivity index (χ1n) is 6.67. The van der Waals surface area contributed by atoms with Crippen molar-refractivity contribution in [2.24, 2.45) is 5.92 Å². The molecule has 0 aliphatic heterocycles. The van der Waals surface area contributed by atoms with Gasteiger partial charge in [-0.1, -0.05) is 32.8 Å². The summed E-state index contributed by atoms with van der Waals surface area (Å²) in [6.07, 6.45) is -0.227. The highest BCUT2D eigenvalue weighted by molar-refractivity contribution is 5.46. The first-order chi connectivity index (χ1) is 9.10. The number of aliphatic hydroxyl groups is 2. The Kier molecular flexibility index (Phi) is 6.12. The fourth-order valence-electron chi connectivity index (χ4n) is 2.37. The first kappa shape index (κ1) is 15.8. The third-order valence-electron chi connectivity index (χ3n) is 3.62. The second-order valence-electron chi connectivity index (χ2n) is 4.59. The van der Waals surface area contributed by atoms with E-state index in [-0.39, 0.29) is 5.92 Å². The molecule has 0 fully saturated rings. The summed E-state index contributed by atoms with van der Waals surface area (Å²) < 4.78 is 10.5. The van der Waals surface area contributed by atoms with Gasteiger partial charge in [0, 0.05) is 0 Å². The van der Waals surface area contributed by atoms with Crippen molar-refractivity contribution in [3.63, 3.8) is 0 Å². The Bertz CT molecular complexity index is 365. The van der Waals surface area contributed by atoms with Crippen LogP contribution in [-0.4, -0.2) is 30.5 Å². The van der Waals surface area contributed by atoms with Crippen molar-refractivity contribution >= 4 is 0 Å². The normalized spacial score (nSPS) is 14.3. The second kappa shape index (κ2) is 7.36. The molecule has 1 aromatic carbocycles. The van der Waals surface area contributed by atoms with Gasteiger partial charge in [0.2, 0.25) is 0 Å². The topological polar surface area (TPSA) is 58.9 Å². The van der Waals surface area contributed by atoms with E-state index in [9.17, 15) is 10.2 Å². The van der Waals surface area contributed by atoms with Gasteiger partial charge in [0.15, 0.2) is 0 Å². The van der Waals surface area contributed by atoms with E-state index in [2.05, 4.69) is 0 Å². The maximum Gasteiger partial charge on any atom is 0.128 e. The standard InChI is InChI=1S/C15H24O4/c1-5-10(6-2)14(16)15(17)13-11(18-3)8-7-9-12(13)19-4/h7-10,14-17H,5-6H2,1-4H3. The summed E-state index contributed by atoms with van der Waals surface area (Å²) in [6.45, 7) is 4.01. The molecule has 2 atom stereocenters. The molecular weight excluding hydrogens is 244 g/mol. The molecule has 4 nitrogen and oxygen atoms in total. The van der Waals surface area contributed by atoms with E-state index in [0.29, 0.717) is 17.1 Å². The highest BCUT2D eigenvalue weighted by Gasteiger charge is 2.29. The number of rotatable bonds is 7. The molecule has 0 saturated carbocycles. The van der Waals surface area contributed by atoms with E-state index in [1.54, 1.807) is 18.2 Å². The van der Waals surface area contributed by atoms with Gasteiger partial charge in [0.25, 0.3) is 0 Å². The highest BCUT2D eigenvalue weighted by atomic mass is 16.5. The largest absolute Gasteiger partial charge is 0.496 e. The Morgan fingerprint density at radius 3 is 1.84 bits per heavy atom. The highest BCUT2D eigenvalue weighted by Crippen LogP contribution is 2.37. The van der Waals surface area contributed by atoms with Crippen LogP contribution in [0.4, 0.5) is 0 Å². The van der Waals surface area contributed by atoms with Gasteiger partial charge in [-0.3, -0.25) is 0 Å². The second-order valence-corrected chi connectivity index (χ2v) is 4.59. The number of hydrogen-bond acceptors (Lipinski definition) is 4. The molecular formula is C15H24O4. The summed E-state index contributed by atoms with van der Waals surface area (Å²) in [7, 11) is 3.07. The van der Waals surface area contributed by atoms with Gasteiger partial charge in [-0.15, -0.1) is 0 Å². The Labute approximate surface area is 115 Å². The molecule has 0 aliphatic carbocycles. The van der Waals surface area contributed by atoms with Crippen molar-refractivity contribution in [3.05, 3.63) is 23.8 Å². The summed E-state index contributed by atoms with van der Waals surface area (Å²) >= 11 is 0. The molecule has 2 unspecified atom stereocenters. The van der Waals surface area contributed by atoms with Gasteiger partial charge in [-0.2, -0.15) is 0 Å². The van der Waals surface area contributed by atoms with Crippen LogP contribution in [0.2, 0.25) is 0 Å². The van der Waals surface area contributed by atoms with E-state index < -0.39 is 12.2 Å². The van der Waals surface area contributed by atoms with Crippen molar-refractivity contribution in [3.8, 4) is 11.5 Å². The van der Waals surface area contributed by atoms with Gasteiger partial charge in [0.1, 0.15) is 17.6 Å². The quantitative estimate of drug-likeness (QED) is 0.798. The predicted octanol–water partition coefficient (Wildman–Crippen LogP) is 2.53. The van der Waals surface area contributed by atoms with E-state index >= 15 is 0 Å². The summed E-state index contributed by atoms with van der Waals surface area (Å²) in [5.74, 6) is 1.10. The number of aliphatic hydroxyl groups excluding tert-OH is 2. The number of methoxy groups -OCH3 is 2. The molecule has 2 N–H and O–H groups in total.